The van der Waals surface area contributed by atoms with Gasteiger partial charge in [0.15, 0.2) is 12.4 Å². The summed E-state index contributed by atoms with van der Waals surface area (Å²) in [5.41, 5.74) is 0.481. The van der Waals surface area contributed by atoms with E-state index >= 15 is 0 Å². The Hall–Kier alpha value is -2.18. The number of allylic oxidation sites excluding steroid dienone is 1. The van der Waals surface area contributed by atoms with E-state index in [2.05, 4.69) is 0 Å². The van der Waals surface area contributed by atoms with Crippen molar-refractivity contribution in [1.82, 2.24) is 0 Å². The number of rotatable bonds is 9. The largest absolute Gasteiger partial charge is 0.497 e. The Kier molecular flexibility index (Phi) is 8.62. The van der Waals surface area contributed by atoms with Gasteiger partial charge in [-0.15, -0.1) is 11.3 Å². The number of methoxy groups -OCH3 is 1. The van der Waals surface area contributed by atoms with Crippen LogP contribution in [0.3, 0.4) is 0 Å². The molecule has 0 atom stereocenters. The molecular weight excluding hydrogens is 424 g/mol. The molecule has 164 valence electrons. The highest BCUT2D eigenvalue weighted by molar-refractivity contribution is 7.17. The lowest BCUT2D eigenvalue weighted by Crippen LogP contribution is -2.18. The predicted octanol–water partition coefficient (Wildman–Crippen LogP) is 6.59. The van der Waals surface area contributed by atoms with Crippen LogP contribution in [0.25, 0.3) is 16.2 Å². The molecule has 0 saturated heterocycles. The number of thiophene rings is 1. The second-order valence-electron chi connectivity index (χ2n) is 7.42. The number of hydrogen-bond donors (Lipinski definition) is 0. The van der Waals surface area contributed by atoms with Crippen molar-refractivity contribution >= 4 is 34.7 Å². The minimum Gasteiger partial charge on any atom is -0.497 e. The van der Waals surface area contributed by atoms with Crippen LogP contribution >= 0.6 is 22.9 Å². The topological polar surface area (TPSA) is 54.0 Å². The molecule has 5 nitrogen and oxygen atoms in total. The molecule has 0 aliphatic rings. The number of benzene rings is 1. The van der Waals surface area contributed by atoms with Crippen molar-refractivity contribution in [2.24, 2.45) is 0 Å². The third-order valence-corrected chi connectivity index (χ3v) is 5.52. The maximum absolute atomic E-state index is 11.9. The second kappa shape index (κ2) is 10.7. The molecule has 1 aromatic heterocycles. The van der Waals surface area contributed by atoms with E-state index in [4.69, 9.17) is 30.5 Å². The molecule has 2 rings (SSSR count). The van der Waals surface area contributed by atoms with Crippen LogP contribution in [0.1, 0.15) is 45.9 Å². The Morgan fingerprint density at radius 1 is 1.23 bits per heavy atom. The summed E-state index contributed by atoms with van der Waals surface area (Å²) < 4.78 is 22.4. The lowest BCUT2D eigenvalue weighted by Gasteiger charge is -2.23. The highest BCUT2D eigenvalue weighted by Gasteiger charge is 2.26. The average Bonchev–Trinajstić information content (AvgIpc) is 3.01. The zero-order valence-corrected chi connectivity index (χ0v) is 19.9. The number of ether oxygens (including phenoxy) is 4. The Bertz CT molecular complexity index is 895. The number of esters is 1. The van der Waals surface area contributed by atoms with Crippen molar-refractivity contribution in [3.8, 4) is 21.9 Å². The van der Waals surface area contributed by atoms with E-state index < -0.39 is 11.6 Å². The predicted molar refractivity (Wildman–Crippen MR) is 123 cm³/mol. The van der Waals surface area contributed by atoms with Gasteiger partial charge in [0.2, 0.25) is 0 Å². The fraction of sp³-hybridized carbons (Fsp3) is 0.435. The number of carbonyl (C=O) groups excluding carboxylic acids is 1. The fourth-order valence-corrected chi connectivity index (χ4v) is 4.21. The van der Waals surface area contributed by atoms with Gasteiger partial charge in [-0.1, -0.05) is 30.7 Å². The Morgan fingerprint density at radius 3 is 2.57 bits per heavy atom. The summed E-state index contributed by atoms with van der Waals surface area (Å²) in [5, 5.41) is 0.423. The minimum absolute atomic E-state index is 0.232. The molecule has 30 heavy (non-hydrogen) atoms. The highest BCUT2D eigenvalue weighted by Crippen LogP contribution is 2.49. The van der Waals surface area contributed by atoms with Gasteiger partial charge in [-0.3, -0.25) is 0 Å². The van der Waals surface area contributed by atoms with Crippen molar-refractivity contribution < 1.29 is 23.7 Å². The van der Waals surface area contributed by atoms with E-state index in [1.807, 2.05) is 58.0 Å². The van der Waals surface area contributed by atoms with Crippen LogP contribution in [0.2, 0.25) is 5.02 Å². The maximum Gasteiger partial charge on any atom is 0.344 e. The second-order valence-corrected chi connectivity index (χ2v) is 8.82. The van der Waals surface area contributed by atoms with Gasteiger partial charge in [0.25, 0.3) is 0 Å². The third kappa shape index (κ3) is 6.41. The number of halogens is 1. The van der Waals surface area contributed by atoms with Crippen molar-refractivity contribution in [2.75, 3.05) is 20.3 Å². The van der Waals surface area contributed by atoms with Crippen molar-refractivity contribution in [3.05, 3.63) is 40.2 Å². The molecule has 0 unspecified atom stereocenters. The third-order valence-electron chi connectivity index (χ3n) is 3.81. The van der Waals surface area contributed by atoms with Crippen LogP contribution in [0, 0.1) is 0 Å². The van der Waals surface area contributed by atoms with E-state index in [9.17, 15) is 4.79 Å². The van der Waals surface area contributed by atoms with E-state index in [1.165, 1.54) is 11.3 Å². The summed E-state index contributed by atoms with van der Waals surface area (Å²) in [6, 6.07) is 7.63. The van der Waals surface area contributed by atoms with Crippen LogP contribution in [0.4, 0.5) is 0 Å². The molecule has 1 heterocycles. The molecule has 0 saturated carbocycles. The zero-order chi connectivity index (χ0) is 22.3. The summed E-state index contributed by atoms with van der Waals surface area (Å²) >= 11 is 8.20. The van der Waals surface area contributed by atoms with Crippen LogP contribution in [-0.4, -0.2) is 31.9 Å². The number of hydrogen-bond acceptors (Lipinski definition) is 6. The van der Waals surface area contributed by atoms with Gasteiger partial charge < -0.3 is 18.9 Å². The monoisotopic (exact) mass is 452 g/mol. The molecule has 0 aliphatic carbocycles. The Morgan fingerprint density at radius 2 is 1.97 bits per heavy atom. The van der Waals surface area contributed by atoms with E-state index in [-0.39, 0.29) is 13.2 Å². The summed E-state index contributed by atoms with van der Waals surface area (Å²) in [4.78, 5) is 13.4. The van der Waals surface area contributed by atoms with Crippen molar-refractivity contribution in [1.29, 1.82) is 0 Å². The fourth-order valence-electron chi connectivity index (χ4n) is 2.67. The lowest BCUT2D eigenvalue weighted by atomic mass is 10.1. The van der Waals surface area contributed by atoms with E-state index in [0.29, 0.717) is 16.5 Å². The van der Waals surface area contributed by atoms with Gasteiger partial charge in [0.05, 0.1) is 18.6 Å². The molecule has 1 aromatic carbocycles. The van der Waals surface area contributed by atoms with Gasteiger partial charge >= 0.3 is 5.97 Å². The van der Waals surface area contributed by atoms with Crippen LogP contribution in [0.15, 0.2) is 30.3 Å². The Labute approximate surface area is 187 Å². The zero-order valence-electron chi connectivity index (χ0n) is 18.3. The minimum atomic E-state index is -0.452. The normalized spacial score (nSPS) is 11.9. The molecule has 0 fully saturated rings. The molecule has 2 aromatic rings. The molecule has 0 bridgehead atoms. The van der Waals surface area contributed by atoms with Gasteiger partial charge in [0.1, 0.15) is 27.0 Å². The Balaban J connectivity index is 2.56. The van der Waals surface area contributed by atoms with Gasteiger partial charge in [-0.25, -0.2) is 4.79 Å². The van der Waals surface area contributed by atoms with Gasteiger partial charge in [-0.2, -0.15) is 0 Å². The molecule has 7 heteroatoms. The molecule has 0 spiro atoms. The van der Waals surface area contributed by atoms with Crippen LogP contribution in [0.5, 0.6) is 11.5 Å². The highest BCUT2D eigenvalue weighted by atomic mass is 35.5. The van der Waals surface area contributed by atoms with Crippen molar-refractivity contribution in [2.45, 2.75) is 46.6 Å². The van der Waals surface area contributed by atoms with Gasteiger partial charge in [-0.05, 0) is 57.9 Å². The van der Waals surface area contributed by atoms with Gasteiger partial charge in [0, 0.05) is 0 Å². The van der Waals surface area contributed by atoms with Crippen LogP contribution < -0.4 is 9.47 Å². The smallest absolute Gasteiger partial charge is 0.344 e. The molecule has 0 N–H and O–H groups in total. The lowest BCUT2D eigenvalue weighted by molar-refractivity contribution is -0.145. The van der Waals surface area contributed by atoms with Crippen molar-refractivity contribution in [3.63, 3.8) is 0 Å². The average molecular weight is 453 g/mol. The molecule has 0 aliphatic heterocycles. The quantitative estimate of drug-likeness (QED) is 0.317. The first-order chi connectivity index (χ1) is 14.2. The molecule has 0 amide bonds. The van der Waals surface area contributed by atoms with E-state index in [0.717, 1.165) is 27.5 Å². The van der Waals surface area contributed by atoms with Crippen LogP contribution in [-0.2, 0) is 14.3 Å². The summed E-state index contributed by atoms with van der Waals surface area (Å²) in [7, 11) is 1.62. The standard InChI is InChI=1S/C23H29ClO5S/c1-7-10-17(29-23(3,4)5)22-20(28-14-18(25)27-8-2)19(24)21(30-22)15-11-9-12-16(13-15)26-6/h9-13H,7-8,14H2,1-6H3/b17-10-. The summed E-state index contributed by atoms with van der Waals surface area (Å²) in [6.07, 6.45) is 2.76. The first-order valence-electron chi connectivity index (χ1n) is 9.84. The summed E-state index contributed by atoms with van der Waals surface area (Å²) in [6.45, 7) is 9.78. The summed E-state index contributed by atoms with van der Waals surface area (Å²) in [5.74, 6) is 1.36. The molecule has 0 radical (unpaired) electrons. The maximum atomic E-state index is 11.9. The first-order valence-corrected chi connectivity index (χ1v) is 11.0. The SMILES string of the molecule is CC/C=C(\OC(C)(C)C)c1sc(-c2cccc(OC)c2)c(Cl)c1OCC(=O)OCC. The van der Waals surface area contributed by atoms with E-state index in [1.54, 1.807) is 14.0 Å². The molecular formula is C23H29ClO5S. The first kappa shape index (κ1) is 24.1. The number of carbonyl (C=O) groups is 1.